The predicted molar refractivity (Wildman–Crippen MR) is 58.4 cm³/mol. The lowest BCUT2D eigenvalue weighted by atomic mass is 10.1. The fourth-order valence-corrected chi connectivity index (χ4v) is 1.49. The number of alkyl halides is 6. The van der Waals surface area contributed by atoms with Crippen LogP contribution in [0.1, 0.15) is 22.8 Å². The van der Waals surface area contributed by atoms with Crippen molar-refractivity contribution in [3.8, 4) is 11.6 Å². The minimum atomic E-state index is -5.34. The first kappa shape index (κ1) is 17.9. The van der Waals surface area contributed by atoms with Crippen LogP contribution in [-0.4, -0.2) is 31.0 Å². The molecule has 0 amide bonds. The molecule has 1 aromatic heterocycles. The number of nitrogens with zero attached hydrogens (tertiary/aromatic N) is 1. The second kappa shape index (κ2) is 6.28. The number of carbonyl (C=O) groups is 1. The number of ether oxygens (including phenoxy) is 3. The van der Waals surface area contributed by atoms with Crippen molar-refractivity contribution < 1.29 is 45.3 Å². The molecular formula is C11H9F6NO4. The van der Waals surface area contributed by atoms with Crippen LogP contribution in [0, 0.1) is 0 Å². The van der Waals surface area contributed by atoms with Crippen molar-refractivity contribution in [3.63, 3.8) is 0 Å². The summed E-state index contributed by atoms with van der Waals surface area (Å²) in [5.41, 5.74) is -3.27. The molecule has 1 rings (SSSR count). The Labute approximate surface area is 119 Å². The van der Waals surface area contributed by atoms with Crippen LogP contribution in [0.4, 0.5) is 26.3 Å². The van der Waals surface area contributed by atoms with Gasteiger partial charge in [-0.25, -0.2) is 9.78 Å². The highest BCUT2D eigenvalue weighted by atomic mass is 19.4. The largest absolute Gasteiger partial charge is 0.574 e. The molecule has 22 heavy (non-hydrogen) atoms. The van der Waals surface area contributed by atoms with E-state index >= 15 is 0 Å². The van der Waals surface area contributed by atoms with Crippen LogP contribution in [-0.2, 0) is 10.9 Å². The van der Waals surface area contributed by atoms with E-state index in [1.54, 1.807) is 0 Å². The van der Waals surface area contributed by atoms with Crippen LogP contribution in [0.15, 0.2) is 6.20 Å². The smallest absolute Gasteiger partial charge is 0.494 e. The van der Waals surface area contributed by atoms with E-state index in [-0.39, 0.29) is 6.61 Å². The fraction of sp³-hybridized carbons (Fsp3) is 0.455. The molecule has 0 radical (unpaired) electrons. The Morgan fingerprint density at radius 2 is 1.82 bits per heavy atom. The summed E-state index contributed by atoms with van der Waals surface area (Å²) in [5, 5.41) is 0. The highest BCUT2D eigenvalue weighted by molar-refractivity contribution is 5.94. The molecule has 0 spiro atoms. The molecule has 1 aromatic rings. The van der Waals surface area contributed by atoms with E-state index in [1.807, 2.05) is 0 Å². The van der Waals surface area contributed by atoms with Crippen molar-refractivity contribution in [2.24, 2.45) is 0 Å². The Kier molecular flexibility index (Phi) is 5.09. The minimum Gasteiger partial charge on any atom is -0.494 e. The topological polar surface area (TPSA) is 57.7 Å². The standard InChI is InChI=1S/C11H9F6NO4/c1-3-21-9(19)6-7(10(12,13)14)5(20-2)4-18-8(6)22-11(15,16)17/h4H,3H2,1-2H3. The first-order chi connectivity index (χ1) is 10.0. The zero-order chi connectivity index (χ0) is 17.1. The van der Waals surface area contributed by atoms with Gasteiger partial charge in [0.1, 0.15) is 11.1 Å². The summed E-state index contributed by atoms with van der Waals surface area (Å²) in [5.74, 6) is -4.18. The molecule has 0 atom stereocenters. The first-order valence-electron chi connectivity index (χ1n) is 5.58. The first-order valence-corrected chi connectivity index (χ1v) is 5.58. The van der Waals surface area contributed by atoms with Crippen LogP contribution < -0.4 is 9.47 Å². The highest BCUT2D eigenvalue weighted by Crippen LogP contribution is 2.42. The van der Waals surface area contributed by atoms with Gasteiger partial charge in [-0.15, -0.1) is 13.2 Å². The second-order valence-corrected chi connectivity index (χ2v) is 3.65. The lowest BCUT2D eigenvalue weighted by molar-refractivity contribution is -0.276. The van der Waals surface area contributed by atoms with Gasteiger partial charge in [-0.05, 0) is 6.92 Å². The molecule has 11 heteroatoms. The Bertz CT molecular complexity index is 555. The van der Waals surface area contributed by atoms with Crippen molar-refractivity contribution in [3.05, 3.63) is 17.3 Å². The highest BCUT2D eigenvalue weighted by Gasteiger charge is 2.44. The third kappa shape index (κ3) is 4.15. The van der Waals surface area contributed by atoms with E-state index in [0.717, 1.165) is 7.11 Å². The number of hydrogen-bond donors (Lipinski definition) is 0. The molecule has 0 aromatic carbocycles. The van der Waals surface area contributed by atoms with Crippen LogP contribution >= 0.6 is 0 Å². The molecule has 0 N–H and O–H groups in total. The summed E-state index contributed by atoms with van der Waals surface area (Å²) in [4.78, 5) is 14.7. The average Bonchev–Trinajstić information content (AvgIpc) is 2.35. The van der Waals surface area contributed by atoms with Crippen molar-refractivity contribution in [1.82, 2.24) is 4.98 Å². The van der Waals surface area contributed by atoms with Gasteiger partial charge in [-0.3, -0.25) is 0 Å². The number of halogens is 6. The van der Waals surface area contributed by atoms with Gasteiger partial charge in [0.05, 0.1) is 19.9 Å². The zero-order valence-corrected chi connectivity index (χ0v) is 11.1. The van der Waals surface area contributed by atoms with E-state index in [0.29, 0.717) is 6.20 Å². The molecule has 0 aliphatic rings. The normalized spacial score (nSPS) is 12.0. The molecule has 124 valence electrons. The van der Waals surface area contributed by atoms with Gasteiger partial charge in [0.15, 0.2) is 5.75 Å². The molecule has 0 saturated heterocycles. The molecular weight excluding hydrogens is 324 g/mol. The van der Waals surface area contributed by atoms with Crippen LogP contribution in [0.5, 0.6) is 11.6 Å². The van der Waals surface area contributed by atoms with E-state index < -0.39 is 41.3 Å². The Balaban J connectivity index is 3.62. The molecule has 0 bridgehead atoms. The molecule has 1 heterocycles. The van der Waals surface area contributed by atoms with Gasteiger partial charge < -0.3 is 14.2 Å². The van der Waals surface area contributed by atoms with E-state index in [1.165, 1.54) is 6.92 Å². The van der Waals surface area contributed by atoms with Gasteiger partial charge in [-0.1, -0.05) is 0 Å². The third-order valence-corrected chi connectivity index (χ3v) is 2.20. The summed E-state index contributed by atoms with van der Waals surface area (Å²) < 4.78 is 88.0. The summed E-state index contributed by atoms with van der Waals surface area (Å²) in [6, 6.07) is 0. The summed E-state index contributed by atoms with van der Waals surface area (Å²) >= 11 is 0. The number of methoxy groups -OCH3 is 1. The average molecular weight is 333 g/mol. The molecule has 0 fully saturated rings. The van der Waals surface area contributed by atoms with Crippen LogP contribution in [0.3, 0.4) is 0 Å². The Hall–Kier alpha value is -2.20. The summed E-state index contributed by atoms with van der Waals surface area (Å²) in [7, 11) is 0.839. The van der Waals surface area contributed by atoms with Gasteiger partial charge in [0.2, 0.25) is 5.88 Å². The SMILES string of the molecule is CCOC(=O)c1c(OC(F)(F)F)ncc(OC)c1C(F)(F)F. The third-order valence-electron chi connectivity index (χ3n) is 2.20. The molecule has 0 aliphatic heterocycles. The zero-order valence-electron chi connectivity index (χ0n) is 11.1. The minimum absolute atomic E-state index is 0.362. The monoisotopic (exact) mass is 333 g/mol. The number of esters is 1. The summed E-state index contributed by atoms with van der Waals surface area (Å²) in [6.07, 6.45) is -10.2. The van der Waals surface area contributed by atoms with Gasteiger partial charge in [0.25, 0.3) is 0 Å². The molecule has 0 unspecified atom stereocenters. The second-order valence-electron chi connectivity index (χ2n) is 3.65. The molecule has 5 nitrogen and oxygen atoms in total. The van der Waals surface area contributed by atoms with Gasteiger partial charge in [-0.2, -0.15) is 13.2 Å². The van der Waals surface area contributed by atoms with E-state index in [9.17, 15) is 31.1 Å². The Morgan fingerprint density at radius 1 is 1.23 bits per heavy atom. The van der Waals surface area contributed by atoms with Crippen molar-refractivity contribution in [1.29, 1.82) is 0 Å². The fourth-order valence-electron chi connectivity index (χ4n) is 1.49. The molecule has 0 saturated carbocycles. The van der Waals surface area contributed by atoms with Crippen LogP contribution in [0.2, 0.25) is 0 Å². The number of carbonyl (C=O) groups excluding carboxylic acids is 1. The quantitative estimate of drug-likeness (QED) is 0.626. The number of pyridine rings is 1. The lowest BCUT2D eigenvalue weighted by Gasteiger charge is -2.18. The van der Waals surface area contributed by atoms with Crippen molar-refractivity contribution >= 4 is 5.97 Å². The number of hydrogen-bond acceptors (Lipinski definition) is 5. The van der Waals surface area contributed by atoms with Crippen molar-refractivity contribution in [2.45, 2.75) is 19.5 Å². The number of aromatic nitrogens is 1. The maximum atomic E-state index is 13.1. The van der Waals surface area contributed by atoms with E-state index in [4.69, 9.17) is 0 Å². The predicted octanol–water partition coefficient (Wildman–Crippen LogP) is 3.18. The summed E-state index contributed by atoms with van der Waals surface area (Å²) in [6.45, 7) is 0.905. The number of rotatable bonds is 4. The van der Waals surface area contributed by atoms with Crippen molar-refractivity contribution in [2.75, 3.05) is 13.7 Å². The van der Waals surface area contributed by atoms with Gasteiger partial charge >= 0.3 is 18.5 Å². The maximum Gasteiger partial charge on any atom is 0.574 e. The Morgan fingerprint density at radius 3 is 2.23 bits per heavy atom. The van der Waals surface area contributed by atoms with Crippen LogP contribution in [0.25, 0.3) is 0 Å². The van der Waals surface area contributed by atoms with Gasteiger partial charge in [0, 0.05) is 0 Å². The van der Waals surface area contributed by atoms with E-state index in [2.05, 4.69) is 19.2 Å². The maximum absolute atomic E-state index is 13.1. The molecule has 0 aliphatic carbocycles. The lowest BCUT2D eigenvalue weighted by Crippen LogP contribution is -2.24.